The van der Waals surface area contributed by atoms with Crippen LogP contribution in [-0.2, 0) is 14.3 Å². The lowest BCUT2D eigenvalue weighted by atomic mass is 10.0. The summed E-state index contributed by atoms with van der Waals surface area (Å²) >= 11 is 5.96. The molecule has 3 N–H and O–H groups in total. The third-order valence-corrected chi connectivity index (χ3v) is 8.47. The number of aromatic nitrogens is 1. The molecule has 0 aliphatic carbocycles. The Morgan fingerprint density at radius 3 is 2.00 bits per heavy atom. The number of aliphatic hydroxyl groups is 3. The van der Waals surface area contributed by atoms with Gasteiger partial charge in [0.2, 0.25) is 5.43 Å². The molecule has 268 valence electrons. The van der Waals surface area contributed by atoms with Crippen molar-refractivity contribution in [3.8, 4) is 0 Å². The van der Waals surface area contributed by atoms with Gasteiger partial charge < -0.3 is 29.4 Å². The minimum atomic E-state index is -1.05. The lowest BCUT2D eigenvalue weighted by molar-refractivity contribution is -0.137. The molecular formula is C34H39Br2F3N2O8. The van der Waals surface area contributed by atoms with Gasteiger partial charge in [0.15, 0.2) is 0 Å². The monoisotopic (exact) mass is 818 g/mol. The number of nitrogens with zero attached hydrogens (tertiary/aromatic N) is 2. The van der Waals surface area contributed by atoms with Crippen LogP contribution in [-0.4, -0.2) is 70.5 Å². The van der Waals surface area contributed by atoms with Gasteiger partial charge in [0.1, 0.15) is 34.3 Å². The van der Waals surface area contributed by atoms with Crippen LogP contribution in [0.2, 0.25) is 0 Å². The number of fused-ring (bicyclic) bond motifs is 1. The van der Waals surface area contributed by atoms with Crippen molar-refractivity contribution in [3.05, 3.63) is 83.8 Å². The quantitative estimate of drug-likeness (QED) is 0.0587. The maximum absolute atomic E-state index is 14.0. The largest absolute Gasteiger partial charge is 0.506 e. The van der Waals surface area contributed by atoms with E-state index in [0.717, 1.165) is 12.3 Å². The predicted molar refractivity (Wildman–Crippen MR) is 187 cm³/mol. The van der Waals surface area contributed by atoms with E-state index in [9.17, 15) is 42.9 Å². The van der Waals surface area contributed by atoms with Gasteiger partial charge in [-0.2, -0.15) is 0 Å². The Morgan fingerprint density at radius 2 is 1.47 bits per heavy atom. The second-order valence-electron chi connectivity index (χ2n) is 11.3. The highest BCUT2D eigenvalue weighted by atomic mass is 79.9. The minimum Gasteiger partial charge on any atom is -0.506 e. The maximum Gasteiger partial charge on any atom is 0.343 e. The summed E-state index contributed by atoms with van der Waals surface area (Å²) in [6.45, 7) is 10.3. The Morgan fingerprint density at radius 1 is 0.878 bits per heavy atom. The number of esters is 2. The summed E-state index contributed by atoms with van der Waals surface area (Å²) < 4.78 is 52.8. The summed E-state index contributed by atoms with van der Waals surface area (Å²) in [5.41, 5.74) is -1.12. The van der Waals surface area contributed by atoms with E-state index in [-0.39, 0.29) is 63.7 Å². The maximum atomic E-state index is 14.0. The SMILES string of the molecule is CCOC(=O)C(C=N[C@@H](CO)C(C)C)=C(O)c1cc(Br)c(F)cc1F.CCOC(=O)c1cn([C@@H](CO)C(C)C)c2cc(F)c(Br)cc2c1=O. The third-order valence-electron chi connectivity index (χ3n) is 7.25. The lowest BCUT2D eigenvalue weighted by Gasteiger charge is -2.25. The van der Waals surface area contributed by atoms with Gasteiger partial charge in [-0.25, -0.2) is 22.8 Å². The highest BCUT2D eigenvalue weighted by Gasteiger charge is 2.24. The van der Waals surface area contributed by atoms with E-state index in [1.807, 2.05) is 27.7 Å². The fraction of sp³-hybridized carbons (Fsp3) is 0.412. The van der Waals surface area contributed by atoms with Crippen LogP contribution in [0.15, 0.2) is 54.8 Å². The van der Waals surface area contributed by atoms with E-state index in [4.69, 9.17) is 9.47 Å². The molecule has 0 spiro atoms. The molecule has 0 bridgehead atoms. The highest BCUT2D eigenvalue weighted by Crippen LogP contribution is 2.28. The van der Waals surface area contributed by atoms with Gasteiger partial charge in [0.25, 0.3) is 0 Å². The molecule has 2 aromatic carbocycles. The summed E-state index contributed by atoms with van der Waals surface area (Å²) in [6, 6.07) is 3.24. The van der Waals surface area contributed by atoms with Crippen LogP contribution < -0.4 is 5.43 Å². The van der Waals surface area contributed by atoms with Crippen molar-refractivity contribution in [1.29, 1.82) is 0 Å². The Labute approximate surface area is 298 Å². The average molecular weight is 820 g/mol. The number of aliphatic hydroxyl groups excluding tert-OH is 3. The normalized spacial score (nSPS) is 13.3. The van der Waals surface area contributed by atoms with Gasteiger partial charge in [-0.3, -0.25) is 9.79 Å². The van der Waals surface area contributed by atoms with E-state index in [1.54, 1.807) is 18.4 Å². The molecule has 1 heterocycles. The second-order valence-corrected chi connectivity index (χ2v) is 13.0. The number of rotatable bonds is 12. The van der Waals surface area contributed by atoms with Crippen LogP contribution in [0.3, 0.4) is 0 Å². The molecule has 0 saturated carbocycles. The number of benzene rings is 2. The number of ether oxygens (including phenoxy) is 2. The summed E-state index contributed by atoms with van der Waals surface area (Å²) in [6.07, 6.45) is 2.38. The van der Waals surface area contributed by atoms with Crippen LogP contribution in [0.25, 0.3) is 16.7 Å². The molecule has 2 atom stereocenters. The van der Waals surface area contributed by atoms with E-state index in [2.05, 4.69) is 36.9 Å². The van der Waals surface area contributed by atoms with Gasteiger partial charge in [-0.1, -0.05) is 27.7 Å². The zero-order valence-electron chi connectivity index (χ0n) is 27.8. The van der Waals surface area contributed by atoms with E-state index >= 15 is 0 Å². The van der Waals surface area contributed by atoms with Gasteiger partial charge in [-0.05, 0) is 75.7 Å². The molecule has 0 saturated heterocycles. The molecule has 3 rings (SSSR count). The number of carbonyl (C=O) groups is 2. The molecule has 10 nitrogen and oxygen atoms in total. The summed E-state index contributed by atoms with van der Waals surface area (Å²) in [7, 11) is 0. The summed E-state index contributed by atoms with van der Waals surface area (Å²) in [5.74, 6) is -4.83. The van der Waals surface area contributed by atoms with E-state index < -0.39 is 58.2 Å². The fourth-order valence-electron chi connectivity index (χ4n) is 4.46. The van der Waals surface area contributed by atoms with Crippen LogP contribution in [0.1, 0.15) is 63.5 Å². The van der Waals surface area contributed by atoms with Crippen molar-refractivity contribution < 1.29 is 47.6 Å². The fourth-order valence-corrected chi connectivity index (χ4v) is 5.15. The second kappa shape index (κ2) is 19.0. The van der Waals surface area contributed by atoms with Gasteiger partial charge in [0, 0.05) is 23.9 Å². The van der Waals surface area contributed by atoms with Crippen molar-refractivity contribution in [3.63, 3.8) is 0 Å². The Bertz CT molecular complexity index is 1780. The first-order chi connectivity index (χ1) is 23.0. The van der Waals surface area contributed by atoms with Crippen molar-refractivity contribution in [2.45, 2.75) is 53.6 Å². The van der Waals surface area contributed by atoms with Gasteiger partial charge in [-0.15, -0.1) is 0 Å². The van der Waals surface area contributed by atoms with Crippen LogP contribution in [0, 0.1) is 29.3 Å². The Hall–Kier alpha value is -3.53. The van der Waals surface area contributed by atoms with Crippen LogP contribution in [0.5, 0.6) is 0 Å². The van der Waals surface area contributed by atoms with Gasteiger partial charge in [0.05, 0.1) is 58.5 Å². The van der Waals surface area contributed by atoms with Crippen molar-refractivity contribution in [2.24, 2.45) is 16.8 Å². The lowest BCUT2D eigenvalue weighted by Crippen LogP contribution is -2.26. The standard InChI is InChI=1S/C17H20BrF2NO4.C17H19BrFNO4/c1-4-25-17(24)11(7-21-15(8-22)9(2)3)16(23)10-5-12(18)14(20)6-13(10)19;1-4-24-17(23)11-7-20(15(8-21)9(2)3)14-6-13(19)12(18)5-10(14)16(11)22/h5-7,9,15,22-23H,4,8H2,1-3H3;5-7,9,15,21H,4,8H2,1-3H3/t2*15-/m00/s1. The first kappa shape index (κ1) is 41.6. The minimum absolute atomic E-state index is 0.00227. The molecule has 3 aromatic rings. The molecule has 49 heavy (non-hydrogen) atoms. The Balaban J connectivity index is 0.000000340. The molecule has 1 aromatic heterocycles. The molecule has 0 radical (unpaired) electrons. The topological polar surface area (TPSA) is 148 Å². The number of aliphatic imine (C=N–C) groups is 1. The van der Waals surface area contributed by atoms with Crippen molar-refractivity contribution in [1.82, 2.24) is 4.57 Å². The van der Waals surface area contributed by atoms with Crippen molar-refractivity contribution in [2.75, 3.05) is 26.4 Å². The molecule has 0 unspecified atom stereocenters. The summed E-state index contributed by atoms with van der Waals surface area (Å²) in [4.78, 5) is 40.9. The number of halogens is 5. The molecule has 0 aliphatic heterocycles. The number of carbonyl (C=O) groups excluding carboxylic acids is 2. The molecule has 0 fully saturated rings. The first-order valence-electron chi connectivity index (χ1n) is 15.2. The number of hydrogen-bond acceptors (Lipinski definition) is 9. The van der Waals surface area contributed by atoms with Crippen LogP contribution >= 0.6 is 31.9 Å². The number of hydrogen-bond donors (Lipinski definition) is 3. The molecule has 0 amide bonds. The molecular weight excluding hydrogens is 781 g/mol. The van der Waals surface area contributed by atoms with Crippen LogP contribution in [0.4, 0.5) is 13.2 Å². The van der Waals surface area contributed by atoms with E-state index in [0.29, 0.717) is 11.6 Å². The van der Waals surface area contributed by atoms with Gasteiger partial charge >= 0.3 is 11.9 Å². The van der Waals surface area contributed by atoms with Crippen molar-refractivity contribution >= 4 is 66.7 Å². The summed E-state index contributed by atoms with van der Waals surface area (Å²) in [5, 5.41) is 29.5. The zero-order valence-corrected chi connectivity index (χ0v) is 30.9. The average Bonchev–Trinajstić information content (AvgIpc) is 3.03. The zero-order chi connectivity index (χ0) is 37.2. The Kier molecular flexibility index (Phi) is 16.2. The third kappa shape index (κ3) is 10.5. The highest BCUT2D eigenvalue weighted by molar-refractivity contribution is 9.10. The first-order valence-corrected chi connectivity index (χ1v) is 16.8. The smallest absolute Gasteiger partial charge is 0.343 e. The van der Waals surface area contributed by atoms with E-state index in [1.165, 1.54) is 18.3 Å². The predicted octanol–water partition coefficient (Wildman–Crippen LogP) is 6.92. The molecule has 0 aliphatic rings. The molecule has 15 heteroatoms. The number of pyridine rings is 1.